The Morgan fingerprint density at radius 2 is 2.18 bits per heavy atom. The van der Waals surface area contributed by atoms with Gasteiger partial charge in [0.15, 0.2) is 11.5 Å². The van der Waals surface area contributed by atoms with Crippen molar-refractivity contribution < 1.29 is 14.2 Å². The Labute approximate surface area is 65.0 Å². The van der Waals surface area contributed by atoms with Crippen LogP contribution in [0.1, 0.15) is 0 Å². The lowest BCUT2D eigenvalue weighted by molar-refractivity contribution is 0.371. The minimum atomic E-state index is -0.598. The summed E-state index contributed by atoms with van der Waals surface area (Å²) >= 11 is 0. The maximum absolute atomic E-state index is 12.6. The number of halogens is 1. The second-order valence-corrected chi connectivity index (χ2v) is 2.05. The Balaban J connectivity index is 3.21. The maximum Gasteiger partial charge on any atom is 0.163 e. The van der Waals surface area contributed by atoms with E-state index in [4.69, 9.17) is 13.0 Å². The molecule has 0 aromatic heterocycles. The van der Waals surface area contributed by atoms with Crippen LogP contribution in [0.5, 0.6) is 11.5 Å². The quantitative estimate of drug-likeness (QED) is 0.587. The molecular weight excluding hydrogens is 146 g/mol. The maximum atomic E-state index is 12.6. The van der Waals surface area contributed by atoms with Gasteiger partial charge in [-0.25, -0.2) is 4.39 Å². The van der Waals surface area contributed by atoms with Gasteiger partial charge in [0.05, 0.1) is 7.11 Å². The van der Waals surface area contributed by atoms with Crippen LogP contribution in [0.25, 0.3) is 0 Å². The second kappa shape index (κ2) is 2.82. The minimum absolute atomic E-state index is 0.0803. The van der Waals surface area contributed by atoms with Gasteiger partial charge in [-0.1, -0.05) is 5.46 Å². The van der Waals surface area contributed by atoms with E-state index in [0.717, 1.165) is 12.1 Å². The van der Waals surface area contributed by atoms with Crippen LogP contribution in [0.3, 0.4) is 0 Å². The molecule has 0 spiro atoms. The van der Waals surface area contributed by atoms with E-state index in [1.807, 2.05) is 0 Å². The summed E-state index contributed by atoms with van der Waals surface area (Å²) in [5.74, 6) is -0.678. The van der Waals surface area contributed by atoms with Gasteiger partial charge in [0.1, 0.15) is 13.7 Å². The van der Waals surface area contributed by atoms with Crippen molar-refractivity contribution in [1.29, 1.82) is 0 Å². The van der Waals surface area contributed by atoms with Gasteiger partial charge in [0.2, 0.25) is 0 Å². The first-order valence-corrected chi connectivity index (χ1v) is 2.97. The zero-order valence-corrected chi connectivity index (χ0v) is 5.97. The fraction of sp³-hybridized carbons (Fsp3) is 0.143. The van der Waals surface area contributed by atoms with Crippen LogP contribution in [0.2, 0.25) is 0 Å². The van der Waals surface area contributed by atoms with Crippen molar-refractivity contribution in [3.8, 4) is 11.5 Å². The molecule has 0 bridgehead atoms. The third kappa shape index (κ3) is 1.45. The molecule has 0 saturated heterocycles. The molecule has 1 aromatic carbocycles. The zero-order valence-electron chi connectivity index (χ0n) is 5.97. The highest BCUT2D eigenvalue weighted by atomic mass is 19.1. The van der Waals surface area contributed by atoms with Gasteiger partial charge in [0, 0.05) is 6.07 Å². The van der Waals surface area contributed by atoms with Gasteiger partial charge < -0.3 is 9.84 Å². The Kier molecular flexibility index (Phi) is 2.03. The molecule has 11 heavy (non-hydrogen) atoms. The van der Waals surface area contributed by atoms with E-state index in [1.54, 1.807) is 0 Å². The van der Waals surface area contributed by atoms with Crippen LogP contribution in [-0.2, 0) is 0 Å². The Morgan fingerprint density at radius 3 is 2.73 bits per heavy atom. The van der Waals surface area contributed by atoms with Crippen LogP contribution >= 0.6 is 0 Å². The molecule has 0 aliphatic rings. The Morgan fingerprint density at radius 1 is 1.55 bits per heavy atom. The molecule has 0 atom stereocenters. The van der Waals surface area contributed by atoms with E-state index in [9.17, 15) is 4.39 Å². The van der Waals surface area contributed by atoms with Crippen molar-refractivity contribution in [1.82, 2.24) is 0 Å². The predicted octanol–water partition coefficient (Wildman–Crippen LogP) is 0.334. The van der Waals surface area contributed by atoms with Crippen molar-refractivity contribution in [3.05, 3.63) is 17.9 Å². The number of phenols is 1. The average molecular weight is 152 g/mol. The summed E-state index contributed by atoms with van der Waals surface area (Å²) in [5.41, 5.74) is -0.0942. The SMILES string of the molecule is [B]c1cc(O)c(OC)cc1F. The van der Waals surface area contributed by atoms with E-state index in [-0.39, 0.29) is 17.0 Å². The van der Waals surface area contributed by atoms with E-state index in [1.165, 1.54) is 7.11 Å². The van der Waals surface area contributed by atoms with Crippen LogP contribution in [0, 0.1) is 5.82 Å². The minimum Gasteiger partial charge on any atom is -0.504 e. The van der Waals surface area contributed by atoms with E-state index < -0.39 is 5.82 Å². The topological polar surface area (TPSA) is 29.5 Å². The summed E-state index contributed by atoms with van der Waals surface area (Å²) in [4.78, 5) is 0. The molecule has 0 heterocycles. The Hall–Kier alpha value is -1.19. The molecule has 0 aliphatic carbocycles. The van der Waals surface area contributed by atoms with E-state index in [2.05, 4.69) is 4.74 Å². The average Bonchev–Trinajstić information content (AvgIpc) is 1.97. The summed E-state index contributed by atoms with van der Waals surface area (Å²) in [6, 6.07) is 2.14. The third-order valence-electron chi connectivity index (χ3n) is 1.30. The fourth-order valence-electron chi connectivity index (χ4n) is 0.723. The monoisotopic (exact) mass is 152 g/mol. The van der Waals surface area contributed by atoms with Crippen LogP contribution in [-0.4, -0.2) is 20.1 Å². The lowest BCUT2D eigenvalue weighted by Gasteiger charge is -2.04. The summed E-state index contributed by atoms with van der Waals surface area (Å²) < 4.78 is 17.3. The number of hydrogen-bond donors (Lipinski definition) is 1. The second-order valence-electron chi connectivity index (χ2n) is 2.05. The van der Waals surface area contributed by atoms with Gasteiger partial charge in [-0.05, 0) is 6.07 Å². The van der Waals surface area contributed by atoms with E-state index >= 15 is 0 Å². The predicted molar refractivity (Wildman–Crippen MR) is 40.0 cm³/mol. The highest BCUT2D eigenvalue weighted by molar-refractivity contribution is 6.32. The molecule has 1 aromatic rings. The summed E-state index contributed by atoms with van der Waals surface area (Å²) in [7, 11) is 6.49. The van der Waals surface area contributed by atoms with Crippen LogP contribution in [0.15, 0.2) is 12.1 Å². The lowest BCUT2D eigenvalue weighted by Crippen LogP contribution is -2.07. The number of benzene rings is 1. The molecule has 0 amide bonds. The first-order valence-electron chi connectivity index (χ1n) is 2.97. The first-order chi connectivity index (χ1) is 5.15. The molecule has 4 heteroatoms. The van der Waals surface area contributed by atoms with Crippen molar-refractivity contribution in [2.24, 2.45) is 0 Å². The van der Waals surface area contributed by atoms with Crippen LogP contribution in [0.4, 0.5) is 4.39 Å². The van der Waals surface area contributed by atoms with Gasteiger partial charge in [-0.15, -0.1) is 0 Å². The molecule has 0 unspecified atom stereocenters. The highest BCUT2D eigenvalue weighted by Crippen LogP contribution is 2.23. The number of ether oxygens (including phenoxy) is 1. The number of methoxy groups -OCH3 is 1. The summed E-state index contributed by atoms with van der Waals surface area (Å²) in [5, 5.41) is 9.04. The molecule has 0 saturated carbocycles. The molecule has 1 rings (SSSR count). The van der Waals surface area contributed by atoms with Gasteiger partial charge in [-0.2, -0.15) is 0 Å². The van der Waals surface area contributed by atoms with Crippen molar-refractivity contribution >= 4 is 13.3 Å². The number of hydrogen-bond acceptors (Lipinski definition) is 2. The van der Waals surface area contributed by atoms with Crippen molar-refractivity contribution in [2.45, 2.75) is 0 Å². The Bertz CT molecular complexity index is 275. The van der Waals surface area contributed by atoms with Crippen molar-refractivity contribution in [2.75, 3.05) is 7.11 Å². The molecule has 56 valence electrons. The molecule has 0 fully saturated rings. The van der Waals surface area contributed by atoms with Crippen LogP contribution < -0.4 is 10.2 Å². The molecule has 2 nitrogen and oxygen atoms in total. The van der Waals surface area contributed by atoms with E-state index in [0.29, 0.717) is 0 Å². The van der Waals surface area contributed by atoms with Gasteiger partial charge >= 0.3 is 0 Å². The zero-order chi connectivity index (χ0) is 8.43. The standard InChI is InChI=1S/C7H6BFO2/c1-11-7-3-5(9)4(8)2-6(7)10/h2-3,10H,1H3. The fourth-order valence-corrected chi connectivity index (χ4v) is 0.723. The first kappa shape index (κ1) is 7.92. The number of aromatic hydroxyl groups is 1. The normalized spacial score (nSPS) is 9.64. The van der Waals surface area contributed by atoms with Gasteiger partial charge in [0.25, 0.3) is 0 Å². The molecule has 2 radical (unpaired) electrons. The number of rotatable bonds is 1. The summed E-state index contributed by atoms with van der Waals surface area (Å²) in [6.45, 7) is 0. The van der Waals surface area contributed by atoms with Crippen molar-refractivity contribution in [3.63, 3.8) is 0 Å². The smallest absolute Gasteiger partial charge is 0.163 e. The highest BCUT2D eigenvalue weighted by Gasteiger charge is 2.04. The molecule has 1 N–H and O–H groups in total. The number of phenolic OH excluding ortho intramolecular Hbond substituents is 1. The molecule has 0 aliphatic heterocycles. The third-order valence-corrected chi connectivity index (χ3v) is 1.30. The summed E-state index contributed by atoms with van der Waals surface area (Å²) in [6.07, 6.45) is 0. The van der Waals surface area contributed by atoms with Gasteiger partial charge in [-0.3, -0.25) is 0 Å². The lowest BCUT2D eigenvalue weighted by atomic mass is 9.95. The molecular formula is C7H6BFO2. The largest absolute Gasteiger partial charge is 0.504 e.